The Hall–Kier alpha value is -3.17. The van der Waals surface area contributed by atoms with E-state index in [0.717, 1.165) is 17.5 Å². The molecular weight excluding hydrogens is 441 g/mol. The molecular formula is C21H17ClFN5O2S. The molecule has 7 nitrogen and oxygen atoms in total. The number of carbonyl (C=O) groups excluding carboxylic acids is 1. The third kappa shape index (κ3) is 4.33. The van der Waals surface area contributed by atoms with Crippen LogP contribution in [0.25, 0.3) is 16.6 Å². The van der Waals surface area contributed by atoms with Crippen molar-refractivity contribution in [3.8, 4) is 5.69 Å². The van der Waals surface area contributed by atoms with Crippen molar-refractivity contribution >= 4 is 46.0 Å². The summed E-state index contributed by atoms with van der Waals surface area (Å²) in [6.07, 6.45) is 0. The highest BCUT2D eigenvalue weighted by atomic mass is 35.5. The second-order valence-corrected chi connectivity index (χ2v) is 8.13. The van der Waals surface area contributed by atoms with Gasteiger partial charge in [0.05, 0.1) is 33.1 Å². The van der Waals surface area contributed by atoms with Gasteiger partial charge in [0.15, 0.2) is 5.16 Å². The molecule has 0 saturated carbocycles. The first-order chi connectivity index (χ1) is 14.8. The molecule has 0 aliphatic heterocycles. The van der Waals surface area contributed by atoms with Crippen LogP contribution >= 0.6 is 23.4 Å². The van der Waals surface area contributed by atoms with Crippen molar-refractivity contribution in [2.24, 2.45) is 7.05 Å². The van der Waals surface area contributed by atoms with Crippen molar-refractivity contribution < 1.29 is 9.18 Å². The number of thioether (sulfide) groups is 1. The standard InChI is InChI=1S/C21H17ClFN5O2S/c1-12-9-18(27(2)26-12)25-19(29)11-31-21-24-17-6-4-3-5-14(17)20(30)28(21)13-7-8-16(23)15(22)10-13/h3-10H,11H2,1-2H3,(H,25,29). The van der Waals surface area contributed by atoms with Gasteiger partial charge in [0.1, 0.15) is 11.6 Å². The number of hydrogen-bond donors (Lipinski definition) is 1. The Morgan fingerprint density at radius 1 is 1.23 bits per heavy atom. The Bertz CT molecular complexity index is 1370. The van der Waals surface area contributed by atoms with Crippen LogP contribution in [0.3, 0.4) is 0 Å². The van der Waals surface area contributed by atoms with E-state index in [4.69, 9.17) is 11.6 Å². The van der Waals surface area contributed by atoms with Crippen LogP contribution < -0.4 is 10.9 Å². The number of amides is 1. The topological polar surface area (TPSA) is 81.8 Å². The second kappa shape index (κ2) is 8.52. The minimum atomic E-state index is -0.590. The minimum absolute atomic E-state index is 0.00390. The highest BCUT2D eigenvalue weighted by Crippen LogP contribution is 2.24. The van der Waals surface area contributed by atoms with E-state index in [9.17, 15) is 14.0 Å². The van der Waals surface area contributed by atoms with E-state index in [1.165, 1.54) is 22.8 Å². The maximum Gasteiger partial charge on any atom is 0.266 e. The molecule has 2 aromatic heterocycles. The zero-order valence-corrected chi connectivity index (χ0v) is 18.2. The van der Waals surface area contributed by atoms with E-state index < -0.39 is 5.82 Å². The maximum absolute atomic E-state index is 13.7. The number of nitrogens with zero attached hydrogens (tertiary/aromatic N) is 4. The van der Waals surface area contributed by atoms with Gasteiger partial charge >= 0.3 is 0 Å². The fourth-order valence-corrected chi connectivity index (χ4v) is 4.09. The number of aromatic nitrogens is 4. The first-order valence-corrected chi connectivity index (χ1v) is 10.6. The van der Waals surface area contributed by atoms with Crippen LogP contribution in [0.2, 0.25) is 5.02 Å². The van der Waals surface area contributed by atoms with E-state index in [1.807, 2.05) is 6.92 Å². The highest BCUT2D eigenvalue weighted by Gasteiger charge is 2.16. The molecule has 2 aromatic carbocycles. The van der Waals surface area contributed by atoms with Crippen LogP contribution in [0, 0.1) is 12.7 Å². The average molecular weight is 458 g/mol. The van der Waals surface area contributed by atoms with E-state index >= 15 is 0 Å². The lowest BCUT2D eigenvalue weighted by Crippen LogP contribution is -2.23. The predicted octanol–water partition coefficient (Wildman–Crippen LogP) is 3.95. The van der Waals surface area contributed by atoms with Crippen molar-refractivity contribution in [2.75, 3.05) is 11.1 Å². The van der Waals surface area contributed by atoms with E-state index in [1.54, 1.807) is 42.1 Å². The molecule has 0 saturated heterocycles. The van der Waals surface area contributed by atoms with Gasteiger partial charge < -0.3 is 5.32 Å². The summed E-state index contributed by atoms with van der Waals surface area (Å²) in [4.78, 5) is 30.2. The van der Waals surface area contributed by atoms with Crippen LogP contribution in [-0.4, -0.2) is 31.0 Å². The smallest absolute Gasteiger partial charge is 0.266 e. The monoisotopic (exact) mass is 457 g/mol. The van der Waals surface area contributed by atoms with E-state index in [0.29, 0.717) is 27.6 Å². The number of aryl methyl sites for hydroxylation is 2. The minimum Gasteiger partial charge on any atom is -0.310 e. The molecule has 1 amide bonds. The summed E-state index contributed by atoms with van der Waals surface area (Å²) in [7, 11) is 1.73. The molecule has 0 unspecified atom stereocenters. The van der Waals surface area contributed by atoms with Gasteiger partial charge in [0, 0.05) is 13.1 Å². The van der Waals surface area contributed by atoms with Crippen molar-refractivity contribution in [3.63, 3.8) is 0 Å². The Balaban J connectivity index is 1.70. The lowest BCUT2D eigenvalue weighted by molar-refractivity contribution is -0.113. The van der Waals surface area contributed by atoms with E-state index in [-0.39, 0.29) is 22.2 Å². The van der Waals surface area contributed by atoms with Gasteiger partial charge in [-0.2, -0.15) is 5.10 Å². The summed E-state index contributed by atoms with van der Waals surface area (Å²) in [6.45, 7) is 1.83. The molecule has 4 aromatic rings. The van der Waals surface area contributed by atoms with Crippen LogP contribution in [0.15, 0.2) is 58.5 Å². The van der Waals surface area contributed by atoms with Crippen molar-refractivity contribution in [1.29, 1.82) is 0 Å². The van der Waals surface area contributed by atoms with E-state index in [2.05, 4.69) is 15.4 Å². The van der Waals surface area contributed by atoms with Crippen molar-refractivity contribution in [3.05, 3.63) is 75.4 Å². The van der Waals surface area contributed by atoms with Gasteiger partial charge in [0.25, 0.3) is 5.56 Å². The summed E-state index contributed by atoms with van der Waals surface area (Å²) in [5.41, 5.74) is 1.31. The zero-order chi connectivity index (χ0) is 22.1. The van der Waals surface area contributed by atoms with Crippen molar-refractivity contribution in [1.82, 2.24) is 19.3 Å². The molecule has 10 heteroatoms. The number of halogens is 2. The SMILES string of the molecule is Cc1cc(NC(=O)CSc2nc3ccccc3c(=O)n2-c2ccc(F)c(Cl)c2)n(C)n1. The van der Waals surface area contributed by atoms with Gasteiger partial charge in [0.2, 0.25) is 5.91 Å². The van der Waals surface area contributed by atoms with Crippen LogP contribution in [-0.2, 0) is 11.8 Å². The van der Waals surface area contributed by atoms with Crippen LogP contribution in [0.5, 0.6) is 0 Å². The number of carbonyl (C=O) groups is 1. The fraction of sp³-hybridized carbons (Fsp3) is 0.143. The van der Waals surface area contributed by atoms with Gasteiger partial charge in [-0.25, -0.2) is 9.37 Å². The van der Waals surface area contributed by atoms with Crippen LogP contribution in [0.4, 0.5) is 10.2 Å². The lowest BCUT2D eigenvalue weighted by Gasteiger charge is -2.13. The van der Waals surface area contributed by atoms with Gasteiger partial charge in [-0.15, -0.1) is 0 Å². The number of nitrogens with one attached hydrogen (secondary N) is 1. The molecule has 0 aliphatic rings. The molecule has 1 N–H and O–H groups in total. The second-order valence-electron chi connectivity index (χ2n) is 6.78. The summed E-state index contributed by atoms with van der Waals surface area (Å²) >= 11 is 7.03. The summed E-state index contributed by atoms with van der Waals surface area (Å²) in [5.74, 6) is -0.298. The number of anilines is 1. The third-order valence-corrected chi connectivity index (χ3v) is 5.74. The fourth-order valence-electron chi connectivity index (χ4n) is 3.10. The molecule has 2 heterocycles. The van der Waals surface area contributed by atoms with Crippen LogP contribution in [0.1, 0.15) is 5.69 Å². The van der Waals surface area contributed by atoms with Gasteiger partial charge in [-0.1, -0.05) is 35.5 Å². The lowest BCUT2D eigenvalue weighted by atomic mass is 10.2. The molecule has 0 aliphatic carbocycles. The molecule has 158 valence electrons. The molecule has 31 heavy (non-hydrogen) atoms. The number of rotatable bonds is 5. The molecule has 0 fully saturated rings. The first-order valence-electron chi connectivity index (χ1n) is 9.24. The summed E-state index contributed by atoms with van der Waals surface area (Å²) < 4.78 is 16.6. The molecule has 0 atom stereocenters. The largest absolute Gasteiger partial charge is 0.310 e. The third-order valence-electron chi connectivity index (χ3n) is 4.51. The molecule has 0 bridgehead atoms. The Labute approximate surface area is 185 Å². The quantitative estimate of drug-likeness (QED) is 0.362. The predicted molar refractivity (Wildman–Crippen MR) is 120 cm³/mol. The normalized spacial score (nSPS) is 11.1. The first kappa shape index (κ1) is 21.1. The Morgan fingerprint density at radius 3 is 2.71 bits per heavy atom. The number of fused-ring (bicyclic) bond motifs is 1. The molecule has 4 rings (SSSR count). The van der Waals surface area contributed by atoms with Crippen molar-refractivity contribution in [2.45, 2.75) is 12.1 Å². The Morgan fingerprint density at radius 2 is 2.00 bits per heavy atom. The molecule has 0 radical (unpaired) electrons. The summed E-state index contributed by atoms with van der Waals surface area (Å²) in [5, 5.41) is 7.56. The zero-order valence-electron chi connectivity index (χ0n) is 16.6. The van der Waals surface area contributed by atoms with Gasteiger partial charge in [-0.3, -0.25) is 18.8 Å². The Kier molecular flexibility index (Phi) is 5.79. The highest BCUT2D eigenvalue weighted by molar-refractivity contribution is 7.99. The molecule has 0 spiro atoms. The maximum atomic E-state index is 13.7. The summed E-state index contributed by atoms with van der Waals surface area (Å²) in [6, 6.07) is 12.7. The number of benzene rings is 2. The number of hydrogen-bond acceptors (Lipinski definition) is 5. The van der Waals surface area contributed by atoms with Gasteiger partial charge in [-0.05, 0) is 37.3 Å². The average Bonchev–Trinajstić information content (AvgIpc) is 3.05. The number of para-hydroxylation sites is 1.